The first-order chi connectivity index (χ1) is 23.1. The molecule has 49 heavy (non-hydrogen) atoms. The van der Waals surface area contributed by atoms with Gasteiger partial charge in [-0.25, -0.2) is 19.6 Å². The smallest absolute Gasteiger partial charge is 0.416 e. The van der Waals surface area contributed by atoms with E-state index in [0.29, 0.717) is 51.8 Å². The summed E-state index contributed by atoms with van der Waals surface area (Å²) in [5, 5.41) is 9.19. The Balaban J connectivity index is 1.39. The number of cyclic esters (lactones) is 1. The number of anilines is 1. The second-order valence-corrected chi connectivity index (χ2v) is 11.5. The number of carboxylic acid groups (broad SMARTS) is 1. The number of aromatic nitrogens is 3. The third-order valence-electron chi connectivity index (χ3n) is 8.45. The summed E-state index contributed by atoms with van der Waals surface area (Å²) in [5.41, 5.74) is -1.41. The minimum atomic E-state index is -5.07. The number of methoxy groups -OCH3 is 1. The van der Waals surface area contributed by atoms with Crippen LogP contribution in [0.25, 0.3) is 22.4 Å². The standard InChI is InChI=1S/C33H27F6N5O5/c1-17-29(19-10-20(32(34,35)36)13-21(11-19)33(37,38)39)49-31(47)44(17)16-26-22(5-7-28(42-26)43-8-3-9-43)23-12-18(4-6-27(23)48-2)24-14-41-25(15-40-24)30(45)46/h4-7,10-15,17,29H,3,8-9,16H2,1-2H3,(H,45,46). The molecule has 1 N–H and O–H groups in total. The van der Waals surface area contributed by atoms with Gasteiger partial charge in [0.15, 0.2) is 5.69 Å². The van der Waals surface area contributed by atoms with E-state index < -0.39 is 53.3 Å². The molecule has 2 fully saturated rings. The van der Waals surface area contributed by atoms with Crippen LogP contribution >= 0.6 is 0 Å². The Kier molecular flexibility index (Phi) is 8.58. The van der Waals surface area contributed by atoms with Crippen molar-refractivity contribution in [2.45, 2.75) is 44.4 Å². The molecule has 2 unspecified atom stereocenters. The highest BCUT2D eigenvalue weighted by Gasteiger charge is 2.43. The molecule has 6 rings (SSSR count). The van der Waals surface area contributed by atoms with E-state index in [9.17, 15) is 41.0 Å². The van der Waals surface area contributed by atoms with Crippen LogP contribution in [0.15, 0.2) is 60.9 Å². The number of carbonyl (C=O) groups is 2. The molecular weight excluding hydrogens is 660 g/mol. The van der Waals surface area contributed by atoms with Crippen LogP contribution in [0.4, 0.5) is 37.0 Å². The van der Waals surface area contributed by atoms with Crippen molar-refractivity contribution in [3.05, 3.63) is 89.0 Å². The van der Waals surface area contributed by atoms with Gasteiger partial charge in [0.05, 0.1) is 54.6 Å². The average molecular weight is 688 g/mol. The van der Waals surface area contributed by atoms with Gasteiger partial charge >= 0.3 is 24.4 Å². The second kappa shape index (κ2) is 12.6. The molecule has 0 aliphatic carbocycles. The maximum Gasteiger partial charge on any atom is 0.416 e. The first kappa shape index (κ1) is 33.5. The summed E-state index contributed by atoms with van der Waals surface area (Å²) in [6, 6.07) is 8.81. The van der Waals surface area contributed by atoms with Gasteiger partial charge in [-0.2, -0.15) is 26.3 Å². The maximum absolute atomic E-state index is 13.6. The molecule has 2 aromatic heterocycles. The number of hydrogen-bond donors (Lipinski definition) is 1. The normalized spacial score (nSPS) is 17.9. The zero-order valence-electron chi connectivity index (χ0n) is 25.8. The predicted molar refractivity (Wildman–Crippen MR) is 162 cm³/mol. The van der Waals surface area contributed by atoms with Crippen molar-refractivity contribution in [3.8, 4) is 28.1 Å². The number of rotatable bonds is 8. The number of carbonyl (C=O) groups excluding carboxylic acids is 1. The Morgan fingerprint density at radius 1 is 0.959 bits per heavy atom. The van der Waals surface area contributed by atoms with Crippen molar-refractivity contribution < 1.29 is 50.5 Å². The van der Waals surface area contributed by atoms with Crippen LogP contribution in [0, 0.1) is 0 Å². The minimum absolute atomic E-state index is 0.0216. The first-order valence-electron chi connectivity index (χ1n) is 14.9. The number of ether oxygens (including phenoxy) is 2. The van der Waals surface area contributed by atoms with Crippen molar-refractivity contribution in [2.75, 3.05) is 25.1 Å². The van der Waals surface area contributed by atoms with E-state index in [-0.39, 0.29) is 18.3 Å². The Bertz CT molecular complexity index is 1880. The molecule has 0 radical (unpaired) electrons. The highest BCUT2D eigenvalue weighted by molar-refractivity contribution is 5.85. The molecule has 4 heterocycles. The van der Waals surface area contributed by atoms with Gasteiger partial charge in [0.2, 0.25) is 0 Å². The number of amides is 1. The Morgan fingerprint density at radius 2 is 1.65 bits per heavy atom. The monoisotopic (exact) mass is 687 g/mol. The summed E-state index contributed by atoms with van der Waals surface area (Å²) in [4.78, 5) is 40.7. The molecular formula is C33H27F6N5O5. The van der Waals surface area contributed by atoms with Crippen molar-refractivity contribution in [1.29, 1.82) is 0 Å². The average Bonchev–Trinajstić information content (AvgIpc) is 3.31. The lowest BCUT2D eigenvalue weighted by molar-refractivity contribution is -0.143. The van der Waals surface area contributed by atoms with Crippen LogP contribution in [0.3, 0.4) is 0 Å². The molecule has 256 valence electrons. The van der Waals surface area contributed by atoms with Crippen LogP contribution in [-0.4, -0.2) is 63.3 Å². The molecule has 2 saturated heterocycles. The van der Waals surface area contributed by atoms with Crippen molar-refractivity contribution in [1.82, 2.24) is 19.9 Å². The number of alkyl halides is 6. The number of nitrogens with zero attached hydrogens (tertiary/aromatic N) is 5. The summed E-state index contributed by atoms with van der Waals surface area (Å²) in [6.45, 7) is 2.76. The number of hydrogen-bond acceptors (Lipinski definition) is 8. The summed E-state index contributed by atoms with van der Waals surface area (Å²) in [7, 11) is 1.45. The lowest BCUT2D eigenvalue weighted by atomic mass is 9.96. The quantitative estimate of drug-likeness (QED) is 0.191. The van der Waals surface area contributed by atoms with E-state index in [1.807, 2.05) is 4.90 Å². The van der Waals surface area contributed by atoms with Gasteiger partial charge in [0.25, 0.3) is 0 Å². The van der Waals surface area contributed by atoms with Crippen molar-refractivity contribution >= 4 is 17.9 Å². The maximum atomic E-state index is 13.6. The summed E-state index contributed by atoms with van der Waals surface area (Å²) < 4.78 is 92.7. The number of halogens is 6. The highest BCUT2D eigenvalue weighted by Crippen LogP contribution is 2.42. The predicted octanol–water partition coefficient (Wildman–Crippen LogP) is 7.24. The molecule has 1 amide bonds. The Hall–Kier alpha value is -5.41. The van der Waals surface area contributed by atoms with E-state index in [1.165, 1.54) is 25.1 Å². The lowest BCUT2D eigenvalue weighted by Gasteiger charge is -2.33. The van der Waals surface area contributed by atoms with Crippen LogP contribution in [0.5, 0.6) is 5.75 Å². The largest absolute Gasteiger partial charge is 0.496 e. The molecule has 0 spiro atoms. The van der Waals surface area contributed by atoms with E-state index in [2.05, 4.69) is 9.97 Å². The third kappa shape index (κ3) is 6.67. The Morgan fingerprint density at radius 3 is 2.20 bits per heavy atom. The fourth-order valence-electron chi connectivity index (χ4n) is 5.71. The van der Waals surface area contributed by atoms with E-state index in [4.69, 9.17) is 14.5 Å². The van der Waals surface area contributed by atoms with Gasteiger partial charge in [-0.05, 0) is 67.4 Å². The molecule has 0 bridgehead atoms. The van der Waals surface area contributed by atoms with Gasteiger partial charge < -0.3 is 19.5 Å². The number of benzene rings is 2. The van der Waals surface area contributed by atoms with Crippen LogP contribution in [0.2, 0.25) is 0 Å². The van der Waals surface area contributed by atoms with E-state index in [0.717, 1.165) is 25.7 Å². The van der Waals surface area contributed by atoms with Gasteiger partial charge in [0, 0.05) is 29.8 Å². The van der Waals surface area contributed by atoms with Crippen LogP contribution in [-0.2, 0) is 23.6 Å². The first-order valence-corrected chi connectivity index (χ1v) is 14.9. The molecule has 2 atom stereocenters. The van der Waals surface area contributed by atoms with Crippen LogP contribution in [0.1, 0.15) is 52.3 Å². The fourth-order valence-corrected chi connectivity index (χ4v) is 5.71. The SMILES string of the molecule is COc1ccc(-c2cnc(C(=O)O)cn2)cc1-c1ccc(N2CCC2)nc1CN1C(=O)OC(c2cc(C(F)(F)F)cc(C(F)(F)F)c2)C1C. The molecule has 0 saturated carbocycles. The topological polar surface area (TPSA) is 118 Å². The number of carboxylic acids is 1. The van der Waals surface area contributed by atoms with Crippen LogP contribution < -0.4 is 9.64 Å². The van der Waals surface area contributed by atoms with Crippen molar-refractivity contribution in [2.24, 2.45) is 0 Å². The zero-order valence-corrected chi connectivity index (χ0v) is 25.8. The lowest BCUT2D eigenvalue weighted by Crippen LogP contribution is -2.38. The molecule has 2 aliphatic heterocycles. The van der Waals surface area contributed by atoms with E-state index in [1.54, 1.807) is 30.3 Å². The van der Waals surface area contributed by atoms with E-state index >= 15 is 0 Å². The number of pyridine rings is 1. The molecule has 2 aliphatic rings. The van der Waals surface area contributed by atoms with Gasteiger partial charge in [-0.15, -0.1) is 0 Å². The second-order valence-electron chi connectivity index (χ2n) is 11.5. The highest BCUT2D eigenvalue weighted by atomic mass is 19.4. The Labute approximate surface area is 274 Å². The molecule has 10 nitrogen and oxygen atoms in total. The minimum Gasteiger partial charge on any atom is -0.496 e. The molecule has 16 heteroatoms. The molecule has 4 aromatic rings. The summed E-state index contributed by atoms with van der Waals surface area (Å²) in [6.07, 6.45) is -9.16. The zero-order chi connectivity index (χ0) is 35.2. The third-order valence-corrected chi connectivity index (χ3v) is 8.45. The van der Waals surface area contributed by atoms with Gasteiger partial charge in [0.1, 0.15) is 17.7 Å². The number of aromatic carboxylic acids is 1. The summed E-state index contributed by atoms with van der Waals surface area (Å²) in [5.74, 6) is -0.213. The van der Waals surface area contributed by atoms with Gasteiger partial charge in [-0.1, -0.05) is 0 Å². The molecule has 2 aromatic carbocycles. The van der Waals surface area contributed by atoms with Gasteiger partial charge in [-0.3, -0.25) is 9.88 Å². The fraction of sp³-hybridized carbons (Fsp3) is 0.303. The summed E-state index contributed by atoms with van der Waals surface area (Å²) >= 11 is 0. The van der Waals surface area contributed by atoms with Crippen molar-refractivity contribution in [3.63, 3.8) is 0 Å².